The average Bonchev–Trinajstić information content (AvgIpc) is 2.88. The molecule has 0 aliphatic carbocycles. The summed E-state index contributed by atoms with van der Waals surface area (Å²) >= 11 is 0. The monoisotopic (exact) mass is 231 g/mol. The van der Waals surface area contributed by atoms with Crippen LogP contribution in [0, 0.1) is 0 Å². The predicted octanol–water partition coefficient (Wildman–Crippen LogP) is 0.716. The van der Waals surface area contributed by atoms with E-state index in [0.717, 1.165) is 26.1 Å². The van der Waals surface area contributed by atoms with Gasteiger partial charge in [-0.2, -0.15) is 10.2 Å². The molecule has 0 N–H and O–H groups in total. The van der Waals surface area contributed by atoms with Crippen LogP contribution in [0.5, 0.6) is 0 Å². The molecule has 3 heterocycles. The smallest absolute Gasteiger partial charge is 0.0772 e. The second-order valence-electron chi connectivity index (χ2n) is 4.60. The molecule has 5 heteroatoms. The first-order valence-electron chi connectivity index (χ1n) is 6.01. The summed E-state index contributed by atoms with van der Waals surface area (Å²) in [5.41, 5.74) is 1.30. The molecule has 0 radical (unpaired) electrons. The van der Waals surface area contributed by atoms with Crippen molar-refractivity contribution in [2.24, 2.45) is 7.05 Å². The van der Waals surface area contributed by atoms with Crippen LogP contribution in [0.2, 0.25) is 0 Å². The zero-order chi connectivity index (χ0) is 11.7. The van der Waals surface area contributed by atoms with Crippen molar-refractivity contribution < 1.29 is 0 Å². The summed E-state index contributed by atoms with van der Waals surface area (Å²) in [6, 6.07) is 4.64. The topological polar surface area (TPSA) is 38.9 Å². The van der Waals surface area contributed by atoms with Gasteiger partial charge in [-0.25, -0.2) is 0 Å². The van der Waals surface area contributed by atoms with Crippen molar-refractivity contribution >= 4 is 0 Å². The Hall–Kier alpha value is -1.62. The molecular weight excluding hydrogens is 214 g/mol. The van der Waals surface area contributed by atoms with Gasteiger partial charge in [0.2, 0.25) is 0 Å². The van der Waals surface area contributed by atoms with Crippen LogP contribution in [-0.2, 0) is 13.5 Å². The normalized spacial score (nSPS) is 17.2. The molecule has 0 aromatic carbocycles. The third kappa shape index (κ3) is 2.10. The van der Waals surface area contributed by atoms with E-state index in [9.17, 15) is 0 Å². The van der Waals surface area contributed by atoms with Crippen LogP contribution in [0.3, 0.4) is 0 Å². The van der Waals surface area contributed by atoms with E-state index >= 15 is 0 Å². The highest BCUT2D eigenvalue weighted by molar-refractivity contribution is 5.01. The minimum Gasteiger partial charge on any atom is -0.299 e. The van der Waals surface area contributed by atoms with Crippen molar-refractivity contribution in [3.63, 3.8) is 0 Å². The minimum absolute atomic E-state index is 0.566. The van der Waals surface area contributed by atoms with E-state index in [2.05, 4.69) is 25.8 Å². The van der Waals surface area contributed by atoms with Gasteiger partial charge in [0.05, 0.1) is 6.04 Å². The summed E-state index contributed by atoms with van der Waals surface area (Å²) in [5.74, 6) is 0. The third-order valence-electron chi connectivity index (χ3n) is 3.44. The zero-order valence-corrected chi connectivity index (χ0v) is 10.0. The van der Waals surface area contributed by atoms with Gasteiger partial charge in [-0.05, 0) is 12.1 Å². The van der Waals surface area contributed by atoms with E-state index < -0.39 is 0 Å². The Kier molecular flexibility index (Phi) is 2.68. The first-order chi connectivity index (χ1) is 8.33. The molecule has 90 valence electrons. The molecule has 1 aliphatic heterocycles. The number of aryl methyl sites for hydroxylation is 1. The molecule has 1 fully saturated rings. The molecular formula is C12H17N5. The third-order valence-corrected chi connectivity index (χ3v) is 3.44. The summed E-state index contributed by atoms with van der Waals surface area (Å²) in [6.07, 6.45) is 6.82. The molecule has 0 spiro atoms. The maximum atomic E-state index is 4.27. The Labute approximate surface area is 101 Å². The summed E-state index contributed by atoms with van der Waals surface area (Å²) in [7, 11) is 2.00. The second kappa shape index (κ2) is 4.33. The average molecular weight is 231 g/mol. The van der Waals surface area contributed by atoms with Crippen molar-refractivity contribution in [3.8, 4) is 0 Å². The summed E-state index contributed by atoms with van der Waals surface area (Å²) < 4.78 is 4.01. The Morgan fingerprint density at radius 1 is 1.29 bits per heavy atom. The maximum absolute atomic E-state index is 4.27. The number of aromatic nitrogens is 4. The fourth-order valence-electron chi connectivity index (χ4n) is 2.31. The lowest BCUT2D eigenvalue weighted by molar-refractivity contribution is 0.0995. The number of likely N-dealkylation sites (tertiary alicyclic amines) is 1. The highest BCUT2D eigenvalue weighted by atomic mass is 15.4. The van der Waals surface area contributed by atoms with Crippen LogP contribution in [0.4, 0.5) is 0 Å². The van der Waals surface area contributed by atoms with Gasteiger partial charge in [0.15, 0.2) is 0 Å². The van der Waals surface area contributed by atoms with E-state index in [1.54, 1.807) is 0 Å². The van der Waals surface area contributed by atoms with E-state index in [-0.39, 0.29) is 0 Å². The highest BCUT2D eigenvalue weighted by Gasteiger charge is 2.27. The van der Waals surface area contributed by atoms with Crippen molar-refractivity contribution in [3.05, 3.63) is 36.4 Å². The summed E-state index contributed by atoms with van der Waals surface area (Å²) in [6.45, 7) is 3.33. The Morgan fingerprint density at radius 3 is 2.82 bits per heavy atom. The van der Waals surface area contributed by atoms with Gasteiger partial charge in [0.1, 0.15) is 0 Å². The molecule has 1 aliphatic rings. The van der Waals surface area contributed by atoms with Crippen LogP contribution >= 0.6 is 0 Å². The summed E-state index contributed by atoms with van der Waals surface area (Å²) in [4.78, 5) is 2.46. The SMILES string of the molecule is Cn1nccc1CCN1CC(n2cccn2)C1. The van der Waals surface area contributed by atoms with Crippen LogP contribution in [0.15, 0.2) is 30.7 Å². The van der Waals surface area contributed by atoms with Gasteiger partial charge in [-0.3, -0.25) is 14.3 Å². The van der Waals surface area contributed by atoms with E-state index in [1.165, 1.54) is 5.69 Å². The molecule has 17 heavy (non-hydrogen) atoms. The fraction of sp³-hybridized carbons (Fsp3) is 0.500. The van der Waals surface area contributed by atoms with Gasteiger partial charge in [0, 0.05) is 57.4 Å². The fourth-order valence-corrected chi connectivity index (χ4v) is 2.31. The van der Waals surface area contributed by atoms with Crippen molar-refractivity contribution in [2.45, 2.75) is 12.5 Å². The number of rotatable bonds is 4. The quantitative estimate of drug-likeness (QED) is 0.778. The van der Waals surface area contributed by atoms with E-state index in [4.69, 9.17) is 0 Å². The predicted molar refractivity (Wildman–Crippen MR) is 64.6 cm³/mol. The zero-order valence-electron chi connectivity index (χ0n) is 10.0. The first kappa shape index (κ1) is 10.5. The van der Waals surface area contributed by atoms with Gasteiger partial charge in [-0.1, -0.05) is 0 Å². The molecule has 0 unspecified atom stereocenters. The standard InChI is InChI=1S/C12H17N5/c1-15-11(3-6-13-15)4-8-16-9-12(10-16)17-7-2-5-14-17/h2-3,5-7,12H,4,8-10H2,1H3. The van der Waals surface area contributed by atoms with E-state index in [1.807, 2.05) is 36.4 Å². The lowest BCUT2D eigenvalue weighted by atomic mass is 10.1. The van der Waals surface area contributed by atoms with Gasteiger partial charge in [0.25, 0.3) is 0 Å². The minimum atomic E-state index is 0.566. The van der Waals surface area contributed by atoms with Crippen molar-refractivity contribution in [1.82, 2.24) is 24.5 Å². The van der Waals surface area contributed by atoms with Crippen LogP contribution in [-0.4, -0.2) is 44.1 Å². The largest absolute Gasteiger partial charge is 0.299 e. The van der Waals surface area contributed by atoms with Gasteiger partial charge < -0.3 is 0 Å². The van der Waals surface area contributed by atoms with Gasteiger partial charge >= 0.3 is 0 Å². The maximum Gasteiger partial charge on any atom is 0.0772 e. The molecule has 1 saturated heterocycles. The Morgan fingerprint density at radius 2 is 2.18 bits per heavy atom. The van der Waals surface area contributed by atoms with Gasteiger partial charge in [-0.15, -0.1) is 0 Å². The van der Waals surface area contributed by atoms with Crippen molar-refractivity contribution in [2.75, 3.05) is 19.6 Å². The highest BCUT2D eigenvalue weighted by Crippen LogP contribution is 2.19. The van der Waals surface area contributed by atoms with Crippen LogP contribution in [0.25, 0.3) is 0 Å². The first-order valence-corrected chi connectivity index (χ1v) is 6.01. The number of nitrogens with zero attached hydrogens (tertiary/aromatic N) is 5. The molecule has 5 nitrogen and oxygen atoms in total. The molecule has 0 bridgehead atoms. The van der Waals surface area contributed by atoms with E-state index in [0.29, 0.717) is 6.04 Å². The second-order valence-corrected chi connectivity index (χ2v) is 4.60. The summed E-state index contributed by atoms with van der Waals surface area (Å²) in [5, 5.41) is 8.45. The molecule has 3 rings (SSSR count). The molecule has 2 aromatic heterocycles. The molecule has 0 atom stereocenters. The Balaban J connectivity index is 1.46. The van der Waals surface area contributed by atoms with Crippen LogP contribution < -0.4 is 0 Å². The van der Waals surface area contributed by atoms with Crippen molar-refractivity contribution in [1.29, 1.82) is 0 Å². The molecule has 2 aromatic rings. The molecule has 0 amide bonds. The number of hydrogen-bond donors (Lipinski definition) is 0. The number of hydrogen-bond acceptors (Lipinski definition) is 3. The van der Waals surface area contributed by atoms with Crippen LogP contribution in [0.1, 0.15) is 11.7 Å². The lowest BCUT2D eigenvalue weighted by Crippen LogP contribution is -2.48. The lowest BCUT2D eigenvalue weighted by Gasteiger charge is -2.39. The molecule has 0 saturated carbocycles. The Bertz CT molecular complexity index is 467.